The van der Waals surface area contributed by atoms with Gasteiger partial charge in [-0.3, -0.25) is 14.5 Å². The topological polar surface area (TPSA) is 52.7 Å². The van der Waals surface area contributed by atoms with Gasteiger partial charge in [-0.2, -0.15) is 0 Å². The zero-order valence-electron chi connectivity index (χ0n) is 18.2. The van der Waals surface area contributed by atoms with E-state index in [2.05, 4.69) is 10.2 Å². The van der Waals surface area contributed by atoms with Gasteiger partial charge in [-0.25, -0.2) is 4.39 Å². The van der Waals surface area contributed by atoms with Crippen molar-refractivity contribution < 1.29 is 14.0 Å². The maximum absolute atomic E-state index is 13.1. The molecule has 0 bridgehead atoms. The summed E-state index contributed by atoms with van der Waals surface area (Å²) in [5.41, 5.74) is 3.87. The van der Waals surface area contributed by atoms with E-state index in [9.17, 15) is 14.0 Å². The van der Waals surface area contributed by atoms with Crippen LogP contribution in [0.5, 0.6) is 0 Å². The van der Waals surface area contributed by atoms with Crippen molar-refractivity contribution in [3.05, 3.63) is 76.4 Å². The summed E-state index contributed by atoms with van der Waals surface area (Å²) in [7, 11) is 0. The number of piperazine rings is 1. The molecule has 1 aromatic heterocycles. The lowest BCUT2D eigenvalue weighted by Crippen LogP contribution is -2.50. The maximum atomic E-state index is 13.1. The minimum Gasteiger partial charge on any atom is -0.335 e. The van der Waals surface area contributed by atoms with Gasteiger partial charge in [0.05, 0.1) is 11.4 Å². The number of halogens is 1. The fourth-order valence-electron chi connectivity index (χ4n) is 3.88. The van der Waals surface area contributed by atoms with E-state index in [4.69, 9.17) is 0 Å². The number of benzene rings is 2. The van der Waals surface area contributed by atoms with Crippen LogP contribution in [0.3, 0.4) is 0 Å². The predicted octanol–water partition coefficient (Wildman–Crippen LogP) is 4.57. The van der Waals surface area contributed by atoms with E-state index in [-0.39, 0.29) is 17.6 Å². The molecule has 0 saturated carbocycles. The Morgan fingerprint density at radius 3 is 2.25 bits per heavy atom. The van der Waals surface area contributed by atoms with Crippen LogP contribution in [0.15, 0.2) is 54.6 Å². The second kappa shape index (κ2) is 9.63. The van der Waals surface area contributed by atoms with E-state index < -0.39 is 0 Å². The lowest BCUT2D eigenvalue weighted by molar-refractivity contribution is -0.117. The van der Waals surface area contributed by atoms with Crippen molar-refractivity contribution in [3.8, 4) is 10.4 Å². The number of rotatable bonds is 5. The highest BCUT2D eigenvalue weighted by molar-refractivity contribution is 7.17. The molecule has 1 saturated heterocycles. The SMILES string of the molecule is Cc1cccc(C)c1NC(=O)CN1CCN(C(=O)c2ccc(-c3ccc(F)cc3)s2)CC1. The van der Waals surface area contributed by atoms with Gasteiger partial charge in [-0.05, 0) is 54.8 Å². The summed E-state index contributed by atoms with van der Waals surface area (Å²) in [5, 5.41) is 3.02. The molecule has 0 atom stereocenters. The van der Waals surface area contributed by atoms with Crippen molar-refractivity contribution in [1.82, 2.24) is 9.80 Å². The number of carbonyl (C=O) groups excluding carboxylic acids is 2. The summed E-state index contributed by atoms with van der Waals surface area (Å²) in [6.07, 6.45) is 0. The molecule has 0 unspecified atom stereocenters. The Kier molecular flexibility index (Phi) is 6.67. The molecule has 2 heterocycles. The molecule has 0 aliphatic carbocycles. The number of anilines is 1. The van der Waals surface area contributed by atoms with Crippen LogP contribution in [0, 0.1) is 19.7 Å². The third-order valence-corrected chi connectivity index (χ3v) is 6.84. The average Bonchev–Trinajstić information content (AvgIpc) is 3.27. The van der Waals surface area contributed by atoms with Gasteiger partial charge < -0.3 is 10.2 Å². The zero-order chi connectivity index (χ0) is 22.7. The van der Waals surface area contributed by atoms with Gasteiger partial charge in [0.25, 0.3) is 5.91 Å². The first-order valence-corrected chi connectivity index (χ1v) is 11.5. The Bertz CT molecular complexity index is 1100. The van der Waals surface area contributed by atoms with Crippen molar-refractivity contribution in [1.29, 1.82) is 0 Å². The number of nitrogens with zero attached hydrogens (tertiary/aromatic N) is 2. The fraction of sp³-hybridized carbons (Fsp3) is 0.280. The molecule has 2 amide bonds. The number of para-hydroxylation sites is 1. The molecule has 1 fully saturated rings. The molecule has 1 aliphatic rings. The number of carbonyl (C=O) groups is 2. The van der Waals surface area contributed by atoms with E-state index in [0.29, 0.717) is 37.6 Å². The number of amides is 2. The summed E-state index contributed by atoms with van der Waals surface area (Å²) in [4.78, 5) is 31.0. The van der Waals surface area contributed by atoms with E-state index >= 15 is 0 Å². The normalized spacial score (nSPS) is 14.4. The second-order valence-electron chi connectivity index (χ2n) is 8.05. The number of hydrogen-bond acceptors (Lipinski definition) is 4. The molecular formula is C25H26FN3O2S. The van der Waals surface area contributed by atoms with Crippen LogP contribution >= 0.6 is 11.3 Å². The molecule has 166 valence electrons. The molecular weight excluding hydrogens is 425 g/mol. The zero-order valence-corrected chi connectivity index (χ0v) is 19.0. The third-order valence-electron chi connectivity index (χ3n) is 5.72. The quantitative estimate of drug-likeness (QED) is 0.618. The molecule has 3 aromatic rings. The summed E-state index contributed by atoms with van der Waals surface area (Å²) in [6.45, 7) is 6.75. The van der Waals surface area contributed by atoms with Gasteiger partial charge >= 0.3 is 0 Å². The first-order chi connectivity index (χ1) is 15.4. The standard InChI is InChI=1S/C25H26FN3O2S/c1-17-4-3-5-18(2)24(17)27-23(30)16-28-12-14-29(15-13-28)25(31)22-11-10-21(32-22)19-6-8-20(26)9-7-19/h3-11H,12-16H2,1-2H3,(H,27,30). The van der Waals surface area contributed by atoms with Gasteiger partial charge in [0.2, 0.25) is 5.91 Å². The van der Waals surface area contributed by atoms with Gasteiger partial charge in [0.15, 0.2) is 0 Å². The first-order valence-electron chi connectivity index (χ1n) is 10.6. The van der Waals surface area contributed by atoms with Crippen molar-refractivity contribution >= 4 is 28.8 Å². The molecule has 0 spiro atoms. The molecule has 1 N–H and O–H groups in total. The minimum atomic E-state index is -0.276. The largest absolute Gasteiger partial charge is 0.335 e. The second-order valence-corrected chi connectivity index (χ2v) is 9.14. The summed E-state index contributed by atoms with van der Waals surface area (Å²) in [6, 6.07) is 16.0. The number of thiophene rings is 1. The highest BCUT2D eigenvalue weighted by atomic mass is 32.1. The minimum absolute atomic E-state index is 0.00278. The van der Waals surface area contributed by atoms with Gasteiger partial charge in [0.1, 0.15) is 5.82 Å². The van der Waals surface area contributed by atoms with Gasteiger partial charge in [0, 0.05) is 36.7 Å². The van der Waals surface area contributed by atoms with Crippen LogP contribution in [0.2, 0.25) is 0 Å². The molecule has 1 aliphatic heterocycles. The van der Waals surface area contributed by atoms with E-state index in [0.717, 1.165) is 27.3 Å². The van der Waals surface area contributed by atoms with Crippen molar-refractivity contribution in [3.63, 3.8) is 0 Å². The fourth-order valence-corrected chi connectivity index (χ4v) is 4.86. The van der Waals surface area contributed by atoms with Crippen molar-refractivity contribution in [2.24, 2.45) is 0 Å². The van der Waals surface area contributed by atoms with Crippen LogP contribution in [-0.2, 0) is 4.79 Å². The summed E-state index contributed by atoms with van der Waals surface area (Å²) < 4.78 is 13.1. The van der Waals surface area contributed by atoms with E-state index in [1.807, 2.05) is 49.1 Å². The van der Waals surface area contributed by atoms with Crippen molar-refractivity contribution in [2.75, 3.05) is 38.0 Å². The van der Waals surface area contributed by atoms with Crippen LogP contribution in [0.4, 0.5) is 10.1 Å². The van der Waals surface area contributed by atoms with Crippen LogP contribution in [0.1, 0.15) is 20.8 Å². The Labute approximate surface area is 191 Å². The molecule has 5 nitrogen and oxygen atoms in total. The Morgan fingerprint density at radius 1 is 0.938 bits per heavy atom. The first kappa shape index (κ1) is 22.2. The predicted molar refractivity (Wildman–Crippen MR) is 127 cm³/mol. The third kappa shape index (κ3) is 5.06. The Hall–Kier alpha value is -3.03. The lowest BCUT2D eigenvalue weighted by Gasteiger charge is -2.34. The average molecular weight is 452 g/mol. The summed E-state index contributed by atoms with van der Waals surface area (Å²) in [5.74, 6) is -0.311. The number of aryl methyl sites for hydroxylation is 2. The molecule has 2 aromatic carbocycles. The van der Waals surface area contributed by atoms with E-state index in [1.165, 1.54) is 23.5 Å². The lowest BCUT2D eigenvalue weighted by atomic mass is 10.1. The molecule has 0 radical (unpaired) electrons. The van der Waals surface area contributed by atoms with E-state index in [1.54, 1.807) is 12.1 Å². The number of hydrogen-bond donors (Lipinski definition) is 1. The Morgan fingerprint density at radius 2 is 1.59 bits per heavy atom. The summed E-state index contributed by atoms with van der Waals surface area (Å²) >= 11 is 1.42. The van der Waals surface area contributed by atoms with Crippen LogP contribution < -0.4 is 5.32 Å². The highest BCUT2D eigenvalue weighted by Crippen LogP contribution is 2.29. The maximum Gasteiger partial charge on any atom is 0.264 e. The number of nitrogens with one attached hydrogen (secondary N) is 1. The van der Waals surface area contributed by atoms with Crippen molar-refractivity contribution in [2.45, 2.75) is 13.8 Å². The van der Waals surface area contributed by atoms with Gasteiger partial charge in [-0.15, -0.1) is 11.3 Å². The molecule has 4 rings (SSSR count). The molecule has 32 heavy (non-hydrogen) atoms. The Balaban J connectivity index is 1.30. The monoisotopic (exact) mass is 451 g/mol. The van der Waals surface area contributed by atoms with Gasteiger partial charge in [-0.1, -0.05) is 30.3 Å². The van der Waals surface area contributed by atoms with Crippen LogP contribution in [0.25, 0.3) is 10.4 Å². The molecule has 7 heteroatoms. The van der Waals surface area contributed by atoms with Crippen LogP contribution in [-0.4, -0.2) is 54.3 Å². The smallest absolute Gasteiger partial charge is 0.264 e. The highest BCUT2D eigenvalue weighted by Gasteiger charge is 2.24.